The van der Waals surface area contributed by atoms with Gasteiger partial charge in [-0.3, -0.25) is 4.79 Å². The Morgan fingerprint density at radius 1 is 1.21 bits per heavy atom. The molecule has 1 fully saturated rings. The minimum absolute atomic E-state index is 0.000198. The molecule has 10 heteroatoms. The highest BCUT2D eigenvalue weighted by atomic mass is 79.9. The number of halogens is 2. The Hall–Kier alpha value is -2.01. The van der Waals surface area contributed by atoms with Crippen LogP contribution in [-0.4, -0.2) is 52.0 Å². The van der Waals surface area contributed by atoms with Crippen molar-refractivity contribution in [3.8, 4) is 5.75 Å². The first kappa shape index (κ1) is 20.7. The van der Waals surface area contributed by atoms with Gasteiger partial charge in [0.05, 0.1) is 36.5 Å². The summed E-state index contributed by atoms with van der Waals surface area (Å²) in [6.07, 6.45) is 0. The average Bonchev–Trinajstić information content (AvgIpc) is 2.70. The molecule has 1 amide bonds. The summed E-state index contributed by atoms with van der Waals surface area (Å²) < 4.78 is 51.9. The number of nitrogens with zero attached hydrogens (tertiary/aromatic N) is 1. The first-order valence-electron chi connectivity index (χ1n) is 8.35. The van der Waals surface area contributed by atoms with Crippen LogP contribution in [0.5, 0.6) is 5.75 Å². The smallest absolute Gasteiger partial charge is 0.258 e. The van der Waals surface area contributed by atoms with Gasteiger partial charge in [0.1, 0.15) is 11.6 Å². The van der Waals surface area contributed by atoms with E-state index in [-0.39, 0.29) is 35.0 Å². The molecule has 1 aliphatic heterocycles. The van der Waals surface area contributed by atoms with Gasteiger partial charge in [-0.2, -0.15) is 4.31 Å². The number of anilines is 1. The van der Waals surface area contributed by atoms with E-state index in [1.807, 2.05) is 0 Å². The molecule has 150 valence electrons. The second-order valence-corrected chi connectivity index (χ2v) is 8.81. The van der Waals surface area contributed by atoms with E-state index >= 15 is 0 Å². The number of carbonyl (C=O) groups is 1. The first-order valence-corrected chi connectivity index (χ1v) is 10.6. The normalized spacial score (nSPS) is 15.2. The Bertz CT molecular complexity index is 993. The number of hydrogen-bond donors (Lipinski definition) is 1. The van der Waals surface area contributed by atoms with E-state index in [1.54, 1.807) is 0 Å². The number of nitrogens with one attached hydrogen (secondary N) is 1. The molecule has 3 rings (SSSR count). The topological polar surface area (TPSA) is 84.9 Å². The fourth-order valence-electron chi connectivity index (χ4n) is 2.74. The van der Waals surface area contributed by atoms with Gasteiger partial charge in [0.2, 0.25) is 10.0 Å². The van der Waals surface area contributed by atoms with Crippen LogP contribution in [-0.2, 0) is 14.8 Å². The maximum absolute atomic E-state index is 14.0. The largest absolute Gasteiger partial charge is 0.495 e. The average molecular weight is 473 g/mol. The zero-order valence-corrected chi connectivity index (χ0v) is 17.3. The fourth-order valence-corrected chi connectivity index (χ4v) is 4.54. The lowest BCUT2D eigenvalue weighted by Crippen LogP contribution is -2.40. The number of ether oxygens (including phenoxy) is 2. The molecule has 1 aliphatic rings. The molecule has 0 aromatic heterocycles. The fraction of sp³-hybridized carbons (Fsp3) is 0.278. The van der Waals surface area contributed by atoms with Crippen LogP contribution >= 0.6 is 15.9 Å². The predicted molar refractivity (Wildman–Crippen MR) is 105 cm³/mol. The quantitative estimate of drug-likeness (QED) is 0.722. The summed E-state index contributed by atoms with van der Waals surface area (Å²) in [5, 5.41) is 2.53. The van der Waals surface area contributed by atoms with Gasteiger partial charge in [-0.05, 0) is 36.4 Å². The van der Waals surface area contributed by atoms with Crippen LogP contribution in [0.4, 0.5) is 10.1 Å². The molecule has 1 heterocycles. The number of benzene rings is 2. The summed E-state index contributed by atoms with van der Waals surface area (Å²) in [7, 11) is -2.37. The molecular weight excluding hydrogens is 455 g/mol. The molecule has 28 heavy (non-hydrogen) atoms. The Kier molecular flexibility index (Phi) is 6.33. The van der Waals surface area contributed by atoms with Crippen LogP contribution in [0.2, 0.25) is 0 Å². The number of rotatable bonds is 5. The number of sulfonamides is 1. The second kappa shape index (κ2) is 8.56. The van der Waals surface area contributed by atoms with E-state index in [2.05, 4.69) is 21.2 Å². The minimum atomic E-state index is -3.76. The van der Waals surface area contributed by atoms with E-state index in [0.29, 0.717) is 17.7 Å². The van der Waals surface area contributed by atoms with Crippen LogP contribution in [0.3, 0.4) is 0 Å². The third-order valence-electron chi connectivity index (χ3n) is 4.20. The summed E-state index contributed by atoms with van der Waals surface area (Å²) in [4.78, 5) is 12.5. The number of carbonyl (C=O) groups excluding carboxylic acids is 1. The van der Waals surface area contributed by atoms with Crippen LogP contribution in [0, 0.1) is 5.82 Å². The molecule has 1 N–H and O–H groups in total. The summed E-state index contributed by atoms with van der Waals surface area (Å²) in [5.74, 6) is -1.17. The van der Waals surface area contributed by atoms with Crippen LogP contribution in [0.25, 0.3) is 0 Å². The van der Waals surface area contributed by atoms with Crippen molar-refractivity contribution in [1.29, 1.82) is 0 Å². The molecule has 0 unspecified atom stereocenters. The SMILES string of the molecule is COc1ccc(S(=O)(=O)N2CCOCC2)cc1NC(=O)c1cc(Br)ccc1F. The summed E-state index contributed by atoms with van der Waals surface area (Å²) >= 11 is 3.19. The van der Waals surface area contributed by atoms with Crippen molar-refractivity contribution in [1.82, 2.24) is 4.31 Å². The van der Waals surface area contributed by atoms with E-state index in [9.17, 15) is 17.6 Å². The van der Waals surface area contributed by atoms with Crippen molar-refractivity contribution in [3.63, 3.8) is 0 Å². The third kappa shape index (κ3) is 4.35. The van der Waals surface area contributed by atoms with Crippen LogP contribution in [0.1, 0.15) is 10.4 Å². The van der Waals surface area contributed by atoms with Gasteiger partial charge in [0.15, 0.2) is 0 Å². The number of amides is 1. The molecule has 0 atom stereocenters. The van der Waals surface area contributed by atoms with Crippen molar-refractivity contribution in [2.45, 2.75) is 4.90 Å². The lowest BCUT2D eigenvalue weighted by molar-refractivity contribution is 0.0730. The first-order chi connectivity index (χ1) is 13.3. The Balaban J connectivity index is 1.93. The maximum atomic E-state index is 14.0. The van der Waals surface area contributed by atoms with Gasteiger partial charge in [0.25, 0.3) is 5.91 Å². The van der Waals surface area contributed by atoms with Crippen molar-refractivity contribution < 1.29 is 27.1 Å². The summed E-state index contributed by atoms with van der Waals surface area (Å²) in [6, 6.07) is 8.12. The van der Waals surface area contributed by atoms with E-state index in [1.165, 1.54) is 41.7 Å². The van der Waals surface area contributed by atoms with Gasteiger partial charge in [-0.1, -0.05) is 15.9 Å². The molecule has 2 aromatic rings. The standard InChI is InChI=1S/C18H18BrFN2O5S/c1-26-17-5-3-13(28(24,25)22-6-8-27-9-7-22)11-16(17)21-18(23)14-10-12(19)2-4-15(14)20/h2-5,10-11H,6-9H2,1H3,(H,21,23). The van der Waals surface area contributed by atoms with Gasteiger partial charge >= 0.3 is 0 Å². The lowest BCUT2D eigenvalue weighted by atomic mass is 10.2. The molecule has 7 nitrogen and oxygen atoms in total. The van der Waals surface area contributed by atoms with E-state index in [0.717, 1.165) is 6.07 Å². The van der Waals surface area contributed by atoms with Crippen molar-refractivity contribution in [2.75, 3.05) is 38.7 Å². The number of morpholine rings is 1. The number of hydrogen-bond acceptors (Lipinski definition) is 5. The molecule has 0 bridgehead atoms. The van der Waals surface area contributed by atoms with E-state index in [4.69, 9.17) is 9.47 Å². The highest BCUT2D eigenvalue weighted by molar-refractivity contribution is 9.10. The minimum Gasteiger partial charge on any atom is -0.495 e. The van der Waals surface area contributed by atoms with Crippen LogP contribution in [0.15, 0.2) is 45.8 Å². The Morgan fingerprint density at radius 2 is 1.93 bits per heavy atom. The molecular formula is C18H18BrFN2O5S. The molecule has 1 saturated heterocycles. The highest BCUT2D eigenvalue weighted by Crippen LogP contribution is 2.30. The Morgan fingerprint density at radius 3 is 2.61 bits per heavy atom. The molecule has 0 spiro atoms. The Labute approximate surface area is 170 Å². The molecule has 2 aromatic carbocycles. The lowest BCUT2D eigenvalue weighted by Gasteiger charge is -2.26. The van der Waals surface area contributed by atoms with E-state index < -0.39 is 21.7 Å². The molecule has 0 radical (unpaired) electrons. The van der Waals surface area contributed by atoms with Gasteiger partial charge in [-0.15, -0.1) is 0 Å². The summed E-state index contributed by atoms with van der Waals surface area (Å²) in [5.41, 5.74) is -0.0564. The van der Waals surface area contributed by atoms with Gasteiger partial charge in [-0.25, -0.2) is 12.8 Å². The molecule has 0 aliphatic carbocycles. The predicted octanol–water partition coefficient (Wildman–Crippen LogP) is 2.87. The highest BCUT2D eigenvalue weighted by Gasteiger charge is 2.27. The zero-order valence-electron chi connectivity index (χ0n) is 14.9. The zero-order chi connectivity index (χ0) is 20.3. The molecule has 0 saturated carbocycles. The van der Waals surface area contributed by atoms with Crippen LogP contribution < -0.4 is 10.1 Å². The summed E-state index contributed by atoms with van der Waals surface area (Å²) in [6.45, 7) is 1.14. The van der Waals surface area contributed by atoms with Crippen molar-refractivity contribution >= 4 is 37.5 Å². The van der Waals surface area contributed by atoms with Crippen molar-refractivity contribution in [2.24, 2.45) is 0 Å². The van der Waals surface area contributed by atoms with Gasteiger partial charge in [0, 0.05) is 17.6 Å². The second-order valence-electron chi connectivity index (χ2n) is 5.96. The third-order valence-corrected chi connectivity index (χ3v) is 6.59. The number of methoxy groups -OCH3 is 1. The van der Waals surface area contributed by atoms with Gasteiger partial charge < -0.3 is 14.8 Å². The maximum Gasteiger partial charge on any atom is 0.258 e. The van der Waals surface area contributed by atoms with Crippen molar-refractivity contribution in [3.05, 3.63) is 52.3 Å². The monoisotopic (exact) mass is 472 g/mol.